The molecule has 2 N–H and O–H groups in total. The molecule has 7 heteroatoms. The number of primary sulfonamides is 1. The molecule has 0 heterocycles. The van der Waals surface area contributed by atoms with E-state index in [0.29, 0.717) is 18.1 Å². The van der Waals surface area contributed by atoms with Crippen LogP contribution in [0.2, 0.25) is 0 Å². The first-order valence-corrected chi connectivity index (χ1v) is 10.3. The summed E-state index contributed by atoms with van der Waals surface area (Å²) in [6, 6.07) is 15.5. The quantitative estimate of drug-likeness (QED) is 0.494. The molecule has 0 aliphatic carbocycles. The smallest absolute Gasteiger partial charge is 0.238 e. The van der Waals surface area contributed by atoms with Crippen molar-refractivity contribution in [2.24, 2.45) is 11.1 Å². The normalized spacial score (nSPS) is 12.7. The summed E-state index contributed by atoms with van der Waals surface area (Å²) < 4.78 is 28.0. The molecule has 140 valence electrons. The second-order valence-electron chi connectivity index (χ2n) is 6.05. The Morgan fingerprint density at radius 3 is 2.31 bits per heavy atom. The van der Waals surface area contributed by atoms with Gasteiger partial charge in [0, 0.05) is 11.4 Å². The third kappa shape index (κ3) is 6.53. The zero-order valence-corrected chi connectivity index (χ0v) is 15.9. The van der Waals surface area contributed by atoms with Crippen molar-refractivity contribution in [3.8, 4) is 0 Å². The number of sulfonamides is 1. The Hall–Kier alpha value is -1.73. The minimum Gasteiger partial charge on any atom is -0.373 e. The number of nitrogens with two attached hydrogens (primary N) is 1. The number of rotatable bonds is 10. The largest absolute Gasteiger partial charge is 0.373 e. The van der Waals surface area contributed by atoms with E-state index in [2.05, 4.69) is 0 Å². The first kappa shape index (κ1) is 20.6. The number of Topliss-reactive ketones (excluding diaryl/α,β-unsaturated/α-hetero) is 1. The molecule has 0 bridgehead atoms. The summed E-state index contributed by atoms with van der Waals surface area (Å²) in [5.41, 5.74) is 1.62. The standard InChI is InChI=1S/C19H22ClNO4S/c20-12-16(13-25-14-19(22)17-4-2-1-3-5-17)7-6-15-8-10-18(11-9-15)26(21,23)24/h1-5,8-11,16H,6-7,12-14H2,(H2,21,23,24). The maximum absolute atomic E-state index is 12.0. The second-order valence-corrected chi connectivity index (χ2v) is 7.92. The van der Waals surface area contributed by atoms with Crippen molar-refractivity contribution in [1.29, 1.82) is 0 Å². The van der Waals surface area contributed by atoms with Gasteiger partial charge < -0.3 is 4.74 Å². The van der Waals surface area contributed by atoms with Gasteiger partial charge in [-0.25, -0.2) is 13.6 Å². The van der Waals surface area contributed by atoms with Gasteiger partial charge in [-0.05, 0) is 36.5 Å². The van der Waals surface area contributed by atoms with Crippen molar-refractivity contribution in [3.63, 3.8) is 0 Å². The molecule has 5 nitrogen and oxygen atoms in total. The third-order valence-electron chi connectivity index (χ3n) is 3.99. The van der Waals surface area contributed by atoms with E-state index in [-0.39, 0.29) is 23.2 Å². The highest BCUT2D eigenvalue weighted by Crippen LogP contribution is 2.15. The van der Waals surface area contributed by atoms with Gasteiger partial charge >= 0.3 is 0 Å². The van der Waals surface area contributed by atoms with E-state index in [4.69, 9.17) is 21.5 Å². The molecule has 0 amide bonds. The maximum atomic E-state index is 12.0. The maximum Gasteiger partial charge on any atom is 0.238 e. The summed E-state index contributed by atoms with van der Waals surface area (Å²) >= 11 is 5.99. The van der Waals surface area contributed by atoms with Crippen molar-refractivity contribution in [3.05, 3.63) is 65.7 Å². The highest BCUT2D eigenvalue weighted by Gasteiger charge is 2.12. The van der Waals surface area contributed by atoms with Crippen molar-refractivity contribution in [1.82, 2.24) is 0 Å². The average molecular weight is 396 g/mol. The molecule has 26 heavy (non-hydrogen) atoms. The number of alkyl halides is 1. The Labute approximate surface area is 159 Å². The summed E-state index contributed by atoms with van der Waals surface area (Å²) in [5.74, 6) is 0.477. The molecule has 1 unspecified atom stereocenters. The molecule has 0 fully saturated rings. The fraction of sp³-hybridized carbons (Fsp3) is 0.316. The molecule has 0 radical (unpaired) electrons. The SMILES string of the molecule is NS(=O)(=O)c1ccc(CCC(CCl)COCC(=O)c2ccccc2)cc1. The lowest BCUT2D eigenvalue weighted by Crippen LogP contribution is -2.17. The van der Waals surface area contributed by atoms with Gasteiger partial charge in [-0.3, -0.25) is 4.79 Å². The van der Waals surface area contributed by atoms with Crippen molar-refractivity contribution >= 4 is 27.4 Å². The van der Waals surface area contributed by atoms with E-state index < -0.39 is 10.0 Å². The van der Waals surface area contributed by atoms with Gasteiger partial charge in [0.2, 0.25) is 10.0 Å². The summed E-state index contributed by atoms with van der Waals surface area (Å²) in [4.78, 5) is 12.1. The van der Waals surface area contributed by atoms with Gasteiger partial charge in [0.05, 0.1) is 11.5 Å². The van der Waals surface area contributed by atoms with E-state index in [1.807, 2.05) is 18.2 Å². The lowest BCUT2D eigenvalue weighted by molar-refractivity contribution is 0.0687. The molecule has 0 saturated heterocycles. The topological polar surface area (TPSA) is 86.5 Å². The fourth-order valence-electron chi connectivity index (χ4n) is 2.45. The number of halogens is 1. The van der Waals surface area contributed by atoms with Gasteiger partial charge in [-0.1, -0.05) is 42.5 Å². The van der Waals surface area contributed by atoms with Crippen molar-refractivity contribution in [2.75, 3.05) is 19.1 Å². The summed E-state index contributed by atoms with van der Waals surface area (Å²) in [5, 5.41) is 5.08. The van der Waals surface area contributed by atoms with Crippen LogP contribution >= 0.6 is 11.6 Å². The molecular formula is C19H22ClNO4S. The van der Waals surface area contributed by atoms with Gasteiger partial charge in [0.15, 0.2) is 5.78 Å². The Bertz CT molecular complexity index is 807. The van der Waals surface area contributed by atoms with Crippen LogP contribution in [-0.4, -0.2) is 33.3 Å². The van der Waals surface area contributed by atoms with Crippen molar-refractivity contribution in [2.45, 2.75) is 17.7 Å². The molecule has 2 aromatic carbocycles. The first-order chi connectivity index (χ1) is 12.4. The van der Waals surface area contributed by atoms with Crippen LogP contribution in [0, 0.1) is 5.92 Å². The number of aryl methyl sites for hydroxylation is 1. The number of ketones is 1. The monoisotopic (exact) mass is 395 g/mol. The highest BCUT2D eigenvalue weighted by atomic mass is 35.5. The van der Waals surface area contributed by atoms with Gasteiger partial charge in [0.1, 0.15) is 6.61 Å². The Kier molecular flexibility index (Phi) is 7.78. The molecular weight excluding hydrogens is 374 g/mol. The minimum atomic E-state index is -3.67. The summed E-state index contributed by atoms with van der Waals surface area (Å²) in [6.45, 7) is 0.428. The van der Waals surface area contributed by atoms with Crippen molar-refractivity contribution < 1.29 is 17.9 Å². The first-order valence-electron chi connectivity index (χ1n) is 8.24. The zero-order valence-electron chi connectivity index (χ0n) is 14.3. The zero-order chi connectivity index (χ0) is 19.0. The molecule has 2 aromatic rings. The molecule has 0 aliphatic rings. The number of carbonyl (C=O) groups is 1. The fourth-order valence-corrected chi connectivity index (χ4v) is 3.21. The van der Waals surface area contributed by atoms with Crippen LogP contribution in [-0.2, 0) is 21.2 Å². The summed E-state index contributed by atoms with van der Waals surface area (Å²) in [7, 11) is -3.67. The van der Waals surface area contributed by atoms with Crippen LogP contribution in [0.15, 0.2) is 59.5 Å². The predicted molar refractivity (Wildman–Crippen MR) is 102 cm³/mol. The molecule has 1 atom stereocenters. The lowest BCUT2D eigenvalue weighted by atomic mass is 10.0. The highest BCUT2D eigenvalue weighted by molar-refractivity contribution is 7.89. The number of ether oxygens (including phenoxy) is 1. The Morgan fingerprint density at radius 2 is 1.73 bits per heavy atom. The van der Waals surface area contributed by atoms with Gasteiger partial charge in [-0.2, -0.15) is 0 Å². The molecule has 0 spiro atoms. The molecule has 0 saturated carbocycles. The average Bonchev–Trinajstić information content (AvgIpc) is 2.64. The van der Waals surface area contributed by atoms with E-state index in [1.165, 1.54) is 12.1 Å². The number of carbonyl (C=O) groups excluding carboxylic acids is 1. The number of benzene rings is 2. The summed E-state index contributed by atoms with van der Waals surface area (Å²) in [6.07, 6.45) is 1.51. The van der Waals surface area contributed by atoms with Gasteiger partial charge in [0.25, 0.3) is 0 Å². The lowest BCUT2D eigenvalue weighted by Gasteiger charge is -2.14. The van der Waals surface area contributed by atoms with Crippen LogP contribution < -0.4 is 5.14 Å². The Balaban J connectivity index is 1.78. The number of hydrogen-bond donors (Lipinski definition) is 1. The molecule has 0 aromatic heterocycles. The third-order valence-corrected chi connectivity index (χ3v) is 5.36. The second kappa shape index (κ2) is 9.83. The van der Waals surface area contributed by atoms with Crippen LogP contribution in [0.4, 0.5) is 0 Å². The minimum absolute atomic E-state index is 0.0282. The predicted octanol–water partition coefficient (Wildman–Crippen LogP) is 3.02. The van der Waals surface area contributed by atoms with Crippen LogP contribution in [0.1, 0.15) is 22.3 Å². The van der Waals surface area contributed by atoms with Crippen LogP contribution in [0.3, 0.4) is 0 Å². The van der Waals surface area contributed by atoms with E-state index in [9.17, 15) is 13.2 Å². The van der Waals surface area contributed by atoms with Gasteiger partial charge in [-0.15, -0.1) is 11.6 Å². The van der Waals surface area contributed by atoms with Crippen LogP contribution in [0.25, 0.3) is 0 Å². The molecule has 2 rings (SSSR count). The molecule has 0 aliphatic heterocycles. The van der Waals surface area contributed by atoms with E-state index >= 15 is 0 Å². The Morgan fingerprint density at radius 1 is 1.08 bits per heavy atom. The van der Waals surface area contributed by atoms with E-state index in [1.54, 1.807) is 24.3 Å². The van der Waals surface area contributed by atoms with E-state index in [0.717, 1.165) is 18.4 Å². The van der Waals surface area contributed by atoms with Crippen LogP contribution in [0.5, 0.6) is 0 Å². The number of hydrogen-bond acceptors (Lipinski definition) is 4.